The monoisotopic (exact) mass is 373 g/mol. The van der Waals surface area contributed by atoms with E-state index in [1.165, 1.54) is 5.56 Å². The van der Waals surface area contributed by atoms with Gasteiger partial charge in [-0.2, -0.15) is 0 Å². The highest BCUT2D eigenvalue weighted by atomic mass is 32.1. The standard InChI is InChI=1S/C19H23N3O3S/c1-13(18-20-21-19(25-18)17-6-5-11-26-17)22(2)10-9-14-7-8-15(23-3)16(12-14)24-4/h5-8,11-13H,9-10H2,1-4H3/t13-/m0/s1. The lowest BCUT2D eigenvalue weighted by atomic mass is 10.1. The molecule has 2 aromatic heterocycles. The summed E-state index contributed by atoms with van der Waals surface area (Å²) in [5, 5.41) is 10.4. The summed E-state index contributed by atoms with van der Waals surface area (Å²) in [7, 11) is 5.35. The molecule has 0 saturated heterocycles. The molecule has 0 bridgehead atoms. The molecule has 3 aromatic rings. The zero-order valence-corrected chi connectivity index (χ0v) is 16.2. The Hall–Kier alpha value is -2.38. The van der Waals surface area contributed by atoms with Crippen LogP contribution in [0.15, 0.2) is 40.1 Å². The van der Waals surface area contributed by atoms with Crippen molar-refractivity contribution in [2.45, 2.75) is 19.4 Å². The molecule has 0 amide bonds. The van der Waals surface area contributed by atoms with Crippen molar-refractivity contribution in [3.05, 3.63) is 47.2 Å². The first-order valence-electron chi connectivity index (χ1n) is 8.40. The van der Waals surface area contributed by atoms with Crippen LogP contribution in [0.5, 0.6) is 11.5 Å². The zero-order valence-electron chi connectivity index (χ0n) is 15.4. The molecule has 138 valence electrons. The van der Waals surface area contributed by atoms with Crippen molar-refractivity contribution in [3.8, 4) is 22.3 Å². The number of hydrogen-bond donors (Lipinski definition) is 0. The van der Waals surface area contributed by atoms with Gasteiger partial charge in [-0.1, -0.05) is 12.1 Å². The highest BCUT2D eigenvalue weighted by Crippen LogP contribution is 2.29. The van der Waals surface area contributed by atoms with Crippen molar-refractivity contribution >= 4 is 11.3 Å². The summed E-state index contributed by atoms with van der Waals surface area (Å²) in [6.45, 7) is 2.92. The van der Waals surface area contributed by atoms with Crippen molar-refractivity contribution in [1.82, 2.24) is 15.1 Å². The quantitative estimate of drug-likeness (QED) is 0.594. The maximum Gasteiger partial charge on any atom is 0.257 e. The van der Waals surface area contributed by atoms with Gasteiger partial charge >= 0.3 is 0 Å². The van der Waals surface area contributed by atoms with Crippen molar-refractivity contribution < 1.29 is 13.9 Å². The van der Waals surface area contributed by atoms with Gasteiger partial charge in [-0.25, -0.2) is 0 Å². The molecule has 1 aromatic carbocycles. The minimum Gasteiger partial charge on any atom is -0.493 e. The Morgan fingerprint density at radius 2 is 1.96 bits per heavy atom. The highest BCUT2D eigenvalue weighted by Gasteiger charge is 2.19. The fourth-order valence-corrected chi connectivity index (χ4v) is 3.27. The topological polar surface area (TPSA) is 60.6 Å². The molecule has 0 aliphatic carbocycles. The van der Waals surface area contributed by atoms with Crippen LogP contribution < -0.4 is 9.47 Å². The van der Waals surface area contributed by atoms with Gasteiger partial charge in [-0.15, -0.1) is 21.5 Å². The molecule has 1 atom stereocenters. The number of likely N-dealkylation sites (N-methyl/N-ethyl adjacent to an activating group) is 1. The SMILES string of the molecule is COc1ccc(CCN(C)[C@@H](C)c2nnc(-c3cccs3)o2)cc1OC. The van der Waals surface area contributed by atoms with Crippen LogP contribution in [0.2, 0.25) is 0 Å². The molecule has 3 rings (SSSR count). The van der Waals surface area contributed by atoms with E-state index in [-0.39, 0.29) is 6.04 Å². The second kappa shape index (κ2) is 8.33. The van der Waals surface area contributed by atoms with Crippen LogP contribution in [-0.2, 0) is 6.42 Å². The first kappa shape index (κ1) is 18.4. The van der Waals surface area contributed by atoms with Crippen molar-refractivity contribution in [2.24, 2.45) is 0 Å². The van der Waals surface area contributed by atoms with Crippen molar-refractivity contribution in [2.75, 3.05) is 27.8 Å². The van der Waals surface area contributed by atoms with Gasteiger partial charge in [0.25, 0.3) is 5.89 Å². The summed E-state index contributed by atoms with van der Waals surface area (Å²) in [6, 6.07) is 10.00. The predicted octanol–water partition coefficient (Wildman–Crippen LogP) is 4.05. The molecule has 0 aliphatic rings. The van der Waals surface area contributed by atoms with E-state index in [1.54, 1.807) is 25.6 Å². The summed E-state index contributed by atoms with van der Waals surface area (Å²) in [5.41, 5.74) is 1.19. The van der Waals surface area contributed by atoms with Crippen LogP contribution in [0.25, 0.3) is 10.8 Å². The number of thiophene rings is 1. The fourth-order valence-electron chi connectivity index (χ4n) is 2.63. The van der Waals surface area contributed by atoms with Crippen LogP contribution >= 0.6 is 11.3 Å². The van der Waals surface area contributed by atoms with E-state index in [0.29, 0.717) is 11.8 Å². The van der Waals surface area contributed by atoms with Crippen LogP contribution in [0.4, 0.5) is 0 Å². The van der Waals surface area contributed by atoms with Gasteiger partial charge in [0.1, 0.15) is 0 Å². The largest absolute Gasteiger partial charge is 0.493 e. The normalized spacial score (nSPS) is 12.3. The summed E-state index contributed by atoms with van der Waals surface area (Å²) >= 11 is 1.59. The Bertz CT molecular complexity index is 832. The van der Waals surface area contributed by atoms with E-state index in [9.17, 15) is 0 Å². The number of rotatable bonds is 8. The fraction of sp³-hybridized carbons (Fsp3) is 0.368. The lowest BCUT2D eigenvalue weighted by molar-refractivity contribution is 0.228. The third-order valence-electron chi connectivity index (χ3n) is 4.39. The Kier molecular flexibility index (Phi) is 5.90. The zero-order chi connectivity index (χ0) is 18.5. The third kappa shape index (κ3) is 4.05. The molecule has 0 aliphatic heterocycles. The highest BCUT2D eigenvalue weighted by molar-refractivity contribution is 7.13. The predicted molar refractivity (Wildman–Crippen MR) is 102 cm³/mol. The summed E-state index contributed by atoms with van der Waals surface area (Å²) in [6.07, 6.45) is 0.882. The van der Waals surface area contributed by atoms with Crippen LogP contribution in [-0.4, -0.2) is 42.9 Å². The number of methoxy groups -OCH3 is 2. The van der Waals surface area contributed by atoms with Crippen molar-refractivity contribution in [3.63, 3.8) is 0 Å². The average molecular weight is 373 g/mol. The third-order valence-corrected chi connectivity index (χ3v) is 5.25. The molecule has 2 heterocycles. The smallest absolute Gasteiger partial charge is 0.257 e. The molecular weight excluding hydrogens is 350 g/mol. The molecule has 7 heteroatoms. The lowest BCUT2D eigenvalue weighted by Crippen LogP contribution is -2.25. The minimum atomic E-state index is 0.0383. The van der Waals surface area contributed by atoms with Gasteiger partial charge in [-0.3, -0.25) is 4.90 Å². The Morgan fingerprint density at radius 3 is 2.65 bits per heavy atom. The average Bonchev–Trinajstić information content (AvgIpc) is 3.36. The van der Waals surface area contributed by atoms with E-state index in [4.69, 9.17) is 13.9 Å². The second-order valence-electron chi connectivity index (χ2n) is 6.02. The van der Waals surface area contributed by atoms with Gasteiger partial charge in [0.05, 0.1) is 25.1 Å². The Labute approximate surface area is 157 Å². The van der Waals surface area contributed by atoms with Gasteiger partial charge < -0.3 is 13.9 Å². The number of hydrogen-bond acceptors (Lipinski definition) is 7. The lowest BCUT2D eigenvalue weighted by Gasteiger charge is -2.21. The van der Waals surface area contributed by atoms with E-state index in [1.807, 2.05) is 29.6 Å². The summed E-state index contributed by atoms with van der Waals surface area (Å²) < 4.78 is 16.5. The molecule has 0 radical (unpaired) electrons. The van der Waals surface area contributed by atoms with Gasteiger partial charge in [-0.05, 0) is 49.5 Å². The Morgan fingerprint density at radius 1 is 1.15 bits per heavy atom. The molecule has 26 heavy (non-hydrogen) atoms. The molecule has 0 saturated carbocycles. The van der Waals surface area contributed by atoms with Crippen LogP contribution in [0.3, 0.4) is 0 Å². The van der Waals surface area contributed by atoms with E-state index < -0.39 is 0 Å². The molecule has 0 fully saturated rings. The van der Waals surface area contributed by atoms with Crippen LogP contribution in [0.1, 0.15) is 24.4 Å². The van der Waals surface area contributed by atoms with E-state index in [2.05, 4.69) is 35.1 Å². The van der Waals surface area contributed by atoms with Gasteiger partial charge in [0.15, 0.2) is 11.5 Å². The number of aromatic nitrogens is 2. The molecule has 0 unspecified atom stereocenters. The molecule has 0 N–H and O–H groups in total. The maximum absolute atomic E-state index is 5.84. The molecule has 0 spiro atoms. The van der Waals surface area contributed by atoms with Crippen LogP contribution in [0, 0.1) is 0 Å². The van der Waals surface area contributed by atoms with Crippen molar-refractivity contribution in [1.29, 1.82) is 0 Å². The molecular formula is C19H23N3O3S. The first-order valence-corrected chi connectivity index (χ1v) is 9.28. The second-order valence-corrected chi connectivity index (χ2v) is 6.97. The molecule has 6 nitrogen and oxygen atoms in total. The van der Waals surface area contributed by atoms with Gasteiger partial charge in [0, 0.05) is 6.54 Å². The summed E-state index contributed by atoms with van der Waals surface area (Å²) in [4.78, 5) is 3.19. The Balaban J connectivity index is 1.62. The van der Waals surface area contributed by atoms with E-state index >= 15 is 0 Å². The number of ether oxygens (including phenoxy) is 2. The minimum absolute atomic E-state index is 0.0383. The number of benzene rings is 1. The first-order chi connectivity index (χ1) is 12.6. The maximum atomic E-state index is 5.84. The van der Waals surface area contributed by atoms with E-state index in [0.717, 1.165) is 29.3 Å². The number of nitrogens with zero attached hydrogens (tertiary/aromatic N) is 3. The van der Waals surface area contributed by atoms with Gasteiger partial charge in [0.2, 0.25) is 5.89 Å². The summed E-state index contributed by atoms with van der Waals surface area (Å²) in [5.74, 6) is 2.70.